The molecular weight excluding hydrogens is 258 g/mol. The third kappa shape index (κ3) is 1.67. The molecule has 0 bridgehead atoms. The van der Waals surface area contributed by atoms with Crippen molar-refractivity contribution in [3.63, 3.8) is 0 Å². The molecule has 0 aliphatic carbocycles. The summed E-state index contributed by atoms with van der Waals surface area (Å²) in [5.74, 6) is 0.873. The van der Waals surface area contributed by atoms with Crippen LogP contribution in [0.4, 0.5) is 0 Å². The Bertz CT molecular complexity index is 744. The summed E-state index contributed by atoms with van der Waals surface area (Å²) >= 11 is 1.82. The maximum absolute atomic E-state index is 4.52. The van der Waals surface area contributed by atoms with Crippen molar-refractivity contribution in [3.05, 3.63) is 45.5 Å². The van der Waals surface area contributed by atoms with E-state index in [1.807, 2.05) is 34.9 Å². The highest BCUT2D eigenvalue weighted by atomic mass is 32.1. The van der Waals surface area contributed by atoms with Crippen molar-refractivity contribution in [1.29, 1.82) is 0 Å². The normalized spacial score (nSPS) is 18.7. The first kappa shape index (κ1) is 11.1. The number of aryl methyl sites for hydroxylation is 1. The second-order valence-corrected chi connectivity index (χ2v) is 5.74. The van der Waals surface area contributed by atoms with E-state index in [0.29, 0.717) is 0 Å². The summed E-state index contributed by atoms with van der Waals surface area (Å²) in [5.41, 5.74) is 3.08. The summed E-state index contributed by atoms with van der Waals surface area (Å²) in [5, 5.41) is 18.7. The standard InChI is InChI=1S/C13H13N5S/c1-8-2-3-11-15-16-13(18(11)17-8)12-9-5-7-19-10(9)4-6-14-12/h2-3,5,7,12,14H,4,6H2,1H3. The summed E-state index contributed by atoms with van der Waals surface area (Å²) in [6.07, 6.45) is 1.09. The zero-order chi connectivity index (χ0) is 12.8. The molecule has 4 heterocycles. The Hall–Kier alpha value is -1.79. The summed E-state index contributed by atoms with van der Waals surface area (Å²) in [7, 11) is 0. The van der Waals surface area contributed by atoms with Gasteiger partial charge in [-0.25, -0.2) is 0 Å². The van der Waals surface area contributed by atoms with Crippen LogP contribution in [0.5, 0.6) is 0 Å². The lowest BCUT2D eigenvalue weighted by Crippen LogP contribution is -2.31. The van der Waals surface area contributed by atoms with Crippen LogP contribution in [0.15, 0.2) is 23.6 Å². The average molecular weight is 271 g/mol. The van der Waals surface area contributed by atoms with Gasteiger partial charge in [-0.2, -0.15) is 9.61 Å². The molecular formula is C13H13N5S. The fourth-order valence-electron chi connectivity index (χ4n) is 2.56. The van der Waals surface area contributed by atoms with E-state index in [1.165, 1.54) is 10.4 Å². The number of rotatable bonds is 1. The summed E-state index contributed by atoms with van der Waals surface area (Å²) in [6.45, 7) is 2.95. The minimum Gasteiger partial charge on any atom is -0.303 e. The smallest absolute Gasteiger partial charge is 0.178 e. The second kappa shape index (κ2) is 4.11. The van der Waals surface area contributed by atoms with Crippen LogP contribution in [0.1, 0.15) is 28.0 Å². The van der Waals surface area contributed by atoms with Crippen molar-refractivity contribution in [1.82, 2.24) is 25.1 Å². The zero-order valence-electron chi connectivity index (χ0n) is 10.5. The largest absolute Gasteiger partial charge is 0.303 e. The molecule has 3 aromatic heterocycles. The van der Waals surface area contributed by atoms with Gasteiger partial charge in [0.2, 0.25) is 0 Å². The highest BCUT2D eigenvalue weighted by Gasteiger charge is 2.26. The van der Waals surface area contributed by atoms with Gasteiger partial charge in [-0.05, 0) is 42.5 Å². The predicted octanol–water partition coefficient (Wildman–Crippen LogP) is 1.73. The van der Waals surface area contributed by atoms with Gasteiger partial charge in [-0.1, -0.05) is 0 Å². The molecule has 0 radical (unpaired) electrons. The zero-order valence-corrected chi connectivity index (χ0v) is 11.3. The van der Waals surface area contributed by atoms with Crippen LogP contribution in [-0.2, 0) is 6.42 Å². The SMILES string of the molecule is Cc1ccc2nnc(C3NCCc4sccc43)n2n1. The van der Waals surface area contributed by atoms with Gasteiger partial charge in [0.1, 0.15) is 0 Å². The molecule has 3 aromatic rings. The van der Waals surface area contributed by atoms with Crippen molar-refractivity contribution >= 4 is 17.0 Å². The molecule has 0 spiro atoms. The van der Waals surface area contributed by atoms with Crippen molar-refractivity contribution in [3.8, 4) is 0 Å². The van der Waals surface area contributed by atoms with Gasteiger partial charge in [0.15, 0.2) is 11.5 Å². The quantitative estimate of drug-likeness (QED) is 0.732. The maximum Gasteiger partial charge on any atom is 0.178 e. The Morgan fingerprint density at radius 2 is 2.26 bits per heavy atom. The molecule has 4 rings (SSSR count). The van der Waals surface area contributed by atoms with Crippen LogP contribution >= 0.6 is 11.3 Å². The van der Waals surface area contributed by atoms with E-state index in [2.05, 4.69) is 32.1 Å². The minimum absolute atomic E-state index is 0.0966. The van der Waals surface area contributed by atoms with Crippen LogP contribution < -0.4 is 5.32 Å². The van der Waals surface area contributed by atoms with Crippen LogP contribution in [0, 0.1) is 6.92 Å². The Labute approximate surface area is 114 Å². The molecule has 1 aliphatic heterocycles. The number of thiophene rings is 1. The van der Waals surface area contributed by atoms with Crippen molar-refractivity contribution in [2.24, 2.45) is 0 Å². The molecule has 0 aromatic carbocycles. The van der Waals surface area contributed by atoms with Crippen LogP contribution in [-0.4, -0.2) is 26.4 Å². The number of hydrogen-bond donors (Lipinski definition) is 1. The monoisotopic (exact) mass is 271 g/mol. The fraction of sp³-hybridized carbons (Fsp3) is 0.308. The number of nitrogens with one attached hydrogen (secondary N) is 1. The van der Waals surface area contributed by atoms with E-state index >= 15 is 0 Å². The second-order valence-electron chi connectivity index (χ2n) is 4.74. The van der Waals surface area contributed by atoms with Gasteiger partial charge in [0.25, 0.3) is 0 Å². The summed E-state index contributed by atoms with van der Waals surface area (Å²) < 4.78 is 1.85. The number of hydrogen-bond acceptors (Lipinski definition) is 5. The number of aromatic nitrogens is 4. The first-order valence-corrected chi connectivity index (χ1v) is 7.19. The first-order chi connectivity index (χ1) is 9.33. The van der Waals surface area contributed by atoms with Crippen molar-refractivity contribution < 1.29 is 0 Å². The van der Waals surface area contributed by atoms with Gasteiger partial charge < -0.3 is 5.32 Å². The van der Waals surface area contributed by atoms with Crippen LogP contribution in [0.25, 0.3) is 5.65 Å². The molecule has 0 saturated heterocycles. The topological polar surface area (TPSA) is 55.1 Å². The number of fused-ring (bicyclic) bond motifs is 2. The molecule has 1 N–H and O–H groups in total. The Morgan fingerprint density at radius 1 is 1.32 bits per heavy atom. The molecule has 0 amide bonds. The van der Waals surface area contributed by atoms with Crippen LogP contribution in [0.3, 0.4) is 0 Å². The molecule has 96 valence electrons. The van der Waals surface area contributed by atoms with Gasteiger partial charge in [-0.15, -0.1) is 21.5 Å². The van der Waals surface area contributed by atoms with Gasteiger partial charge in [0, 0.05) is 11.4 Å². The Balaban J connectivity index is 1.90. The third-order valence-corrected chi connectivity index (χ3v) is 4.47. The molecule has 0 saturated carbocycles. The van der Waals surface area contributed by atoms with E-state index in [4.69, 9.17) is 0 Å². The molecule has 0 fully saturated rings. The highest BCUT2D eigenvalue weighted by Crippen LogP contribution is 2.31. The summed E-state index contributed by atoms with van der Waals surface area (Å²) in [6, 6.07) is 6.18. The molecule has 5 nitrogen and oxygen atoms in total. The maximum atomic E-state index is 4.52. The molecule has 6 heteroatoms. The van der Waals surface area contributed by atoms with E-state index in [1.54, 1.807) is 0 Å². The van der Waals surface area contributed by atoms with Crippen LogP contribution in [0.2, 0.25) is 0 Å². The fourth-order valence-corrected chi connectivity index (χ4v) is 3.48. The van der Waals surface area contributed by atoms with Crippen molar-refractivity contribution in [2.45, 2.75) is 19.4 Å². The van der Waals surface area contributed by atoms with E-state index in [9.17, 15) is 0 Å². The van der Waals surface area contributed by atoms with Crippen molar-refractivity contribution in [2.75, 3.05) is 6.54 Å². The molecule has 1 aliphatic rings. The average Bonchev–Trinajstić information content (AvgIpc) is 3.03. The van der Waals surface area contributed by atoms with E-state index in [0.717, 1.165) is 30.1 Å². The Kier molecular flexibility index (Phi) is 2.39. The van der Waals surface area contributed by atoms with Gasteiger partial charge >= 0.3 is 0 Å². The number of nitrogens with zero attached hydrogens (tertiary/aromatic N) is 4. The van der Waals surface area contributed by atoms with E-state index < -0.39 is 0 Å². The minimum atomic E-state index is 0.0966. The molecule has 1 atom stereocenters. The van der Waals surface area contributed by atoms with Gasteiger partial charge in [-0.3, -0.25) is 0 Å². The lowest BCUT2D eigenvalue weighted by atomic mass is 10.0. The van der Waals surface area contributed by atoms with Gasteiger partial charge in [0.05, 0.1) is 11.7 Å². The molecule has 1 unspecified atom stereocenters. The predicted molar refractivity (Wildman–Crippen MR) is 73.4 cm³/mol. The lowest BCUT2D eigenvalue weighted by Gasteiger charge is -2.22. The highest BCUT2D eigenvalue weighted by molar-refractivity contribution is 7.10. The summed E-state index contributed by atoms with van der Waals surface area (Å²) in [4.78, 5) is 1.44. The Morgan fingerprint density at radius 3 is 3.21 bits per heavy atom. The first-order valence-electron chi connectivity index (χ1n) is 6.31. The third-order valence-electron chi connectivity index (χ3n) is 3.47. The lowest BCUT2D eigenvalue weighted by molar-refractivity contribution is 0.537. The molecule has 19 heavy (non-hydrogen) atoms. The van der Waals surface area contributed by atoms with E-state index in [-0.39, 0.29) is 6.04 Å².